The van der Waals surface area contributed by atoms with Gasteiger partial charge < -0.3 is 4.74 Å². The number of hydrogen-bond donors (Lipinski definition) is 0. The van der Waals surface area contributed by atoms with Crippen LogP contribution in [0.1, 0.15) is 5.56 Å². The quantitative estimate of drug-likeness (QED) is 0.712. The molecule has 0 unspecified atom stereocenters. The summed E-state index contributed by atoms with van der Waals surface area (Å²) < 4.78 is 4.89. The fraction of sp³-hybridized carbons (Fsp3) is 0.273. The second kappa shape index (κ2) is 6.75. The Labute approximate surface area is 83.8 Å². The van der Waals surface area contributed by atoms with Gasteiger partial charge in [-0.25, -0.2) is 0 Å². The van der Waals surface area contributed by atoms with Gasteiger partial charge >= 0.3 is 0 Å². The summed E-state index contributed by atoms with van der Waals surface area (Å²) >= 11 is 1.79. The van der Waals surface area contributed by atoms with Crippen molar-refractivity contribution < 1.29 is 4.74 Å². The first-order chi connectivity index (χ1) is 6.43. The molecule has 0 N–H and O–H groups in total. The lowest BCUT2D eigenvalue weighted by atomic mass is 10.2. The molecule has 70 valence electrons. The molecule has 0 bridgehead atoms. The molecule has 0 aliphatic carbocycles. The minimum Gasteiger partial charge on any atom is -0.381 e. The Kier molecular flexibility index (Phi) is 5.38. The SMILES string of the molecule is COC/C=C\SCc1ccccc1. The summed E-state index contributed by atoms with van der Waals surface area (Å²) in [5.74, 6) is 1.03. The van der Waals surface area contributed by atoms with Crippen LogP contribution in [-0.2, 0) is 10.5 Å². The van der Waals surface area contributed by atoms with E-state index in [1.54, 1.807) is 18.9 Å². The standard InChI is InChI=1S/C11H14OS/c1-12-8-5-9-13-10-11-6-3-2-4-7-11/h2-7,9H,8,10H2,1H3/b9-5-. The molecule has 0 aliphatic rings. The van der Waals surface area contributed by atoms with E-state index in [2.05, 4.69) is 29.7 Å². The number of ether oxygens (including phenoxy) is 1. The van der Waals surface area contributed by atoms with Crippen molar-refractivity contribution in [1.82, 2.24) is 0 Å². The van der Waals surface area contributed by atoms with Gasteiger partial charge in [0.05, 0.1) is 6.61 Å². The van der Waals surface area contributed by atoms with E-state index in [4.69, 9.17) is 4.74 Å². The van der Waals surface area contributed by atoms with Crippen molar-refractivity contribution in [2.75, 3.05) is 13.7 Å². The second-order valence-electron chi connectivity index (χ2n) is 2.62. The molecule has 0 spiro atoms. The fourth-order valence-corrected chi connectivity index (χ4v) is 1.62. The molecule has 1 aromatic rings. The van der Waals surface area contributed by atoms with E-state index in [9.17, 15) is 0 Å². The third-order valence-electron chi connectivity index (χ3n) is 1.55. The topological polar surface area (TPSA) is 9.23 Å². The maximum absolute atomic E-state index is 4.89. The highest BCUT2D eigenvalue weighted by Gasteiger charge is 1.87. The highest BCUT2D eigenvalue weighted by Crippen LogP contribution is 2.12. The van der Waals surface area contributed by atoms with Crippen molar-refractivity contribution in [2.45, 2.75) is 5.75 Å². The summed E-state index contributed by atoms with van der Waals surface area (Å²) in [6.45, 7) is 0.696. The highest BCUT2D eigenvalue weighted by molar-refractivity contribution is 8.01. The third-order valence-corrected chi connectivity index (χ3v) is 2.43. The van der Waals surface area contributed by atoms with Crippen molar-refractivity contribution in [3.63, 3.8) is 0 Å². The molecule has 0 heterocycles. The molecule has 0 atom stereocenters. The van der Waals surface area contributed by atoms with Gasteiger partial charge in [-0.3, -0.25) is 0 Å². The fourth-order valence-electron chi connectivity index (χ4n) is 0.922. The maximum atomic E-state index is 4.89. The average Bonchev–Trinajstić information content (AvgIpc) is 2.19. The Morgan fingerprint density at radius 3 is 2.77 bits per heavy atom. The monoisotopic (exact) mass is 194 g/mol. The van der Waals surface area contributed by atoms with Gasteiger partial charge in [-0.05, 0) is 11.0 Å². The largest absolute Gasteiger partial charge is 0.381 e. The first-order valence-corrected chi connectivity index (χ1v) is 5.28. The summed E-state index contributed by atoms with van der Waals surface area (Å²) in [6, 6.07) is 10.4. The molecule has 0 fully saturated rings. The predicted molar refractivity (Wildman–Crippen MR) is 58.8 cm³/mol. The van der Waals surface area contributed by atoms with Crippen LogP contribution in [0.2, 0.25) is 0 Å². The van der Waals surface area contributed by atoms with Crippen molar-refractivity contribution in [2.24, 2.45) is 0 Å². The molecule has 0 amide bonds. The maximum Gasteiger partial charge on any atom is 0.0651 e. The molecule has 0 radical (unpaired) electrons. The minimum absolute atomic E-state index is 0.696. The van der Waals surface area contributed by atoms with Gasteiger partial charge in [0.25, 0.3) is 0 Å². The zero-order valence-electron chi connectivity index (χ0n) is 7.77. The lowest BCUT2D eigenvalue weighted by Gasteiger charge is -1.95. The molecule has 2 heteroatoms. The molecule has 0 aromatic heterocycles. The smallest absolute Gasteiger partial charge is 0.0651 e. The van der Waals surface area contributed by atoms with E-state index in [-0.39, 0.29) is 0 Å². The molecule has 0 saturated heterocycles. The van der Waals surface area contributed by atoms with Gasteiger partial charge in [0.1, 0.15) is 0 Å². The molecule has 13 heavy (non-hydrogen) atoms. The van der Waals surface area contributed by atoms with E-state index < -0.39 is 0 Å². The van der Waals surface area contributed by atoms with Crippen molar-refractivity contribution >= 4 is 11.8 Å². The van der Waals surface area contributed by atoms with Crippen LogP contribution in [0.3, 0.4) is 0 Å². The first-order valence-electron chi connectivity index (χ1n) is 4.23. The number of thioether (sulfide) groups is 1. The van der Waals surface area contributed by atoms with E-state index >= 15 is 0 Å². The van der Waals surface area contributed by atoms with Gasteiger partial charge in [-0.1, -0.05) is 36.4 Å². The molecule has 1 nitrogen and oxygen atoms in total. The number of methoxy groups -OCH3 is 1. The Hall–Kier alpha value is -0.730. The van der Waals surface area contributed by atoms with Crippen LogP contribution < -0.4 is 0 Å². The molecule has 1 rings (SSSR count). The lowest BCUT2D eigenvalue weighted by molar-refractivity contribution is 0.234. The van der Waals surface area contributed by atoms with Crippen LogP contribution in [-0.4, -0.2) is 13.7 Å². The van der Waals surface area contributed by atoms with Gasteiger partial charge in [0.15, 0.2) is 0 Å². The summed E-state index contributed by atoms with van der Waals surface area (Å²) in [6.07, 6.45) is 2.02. The van der Waals surface area contributed by atoms with Gasteiger partial charge in [-0.15, -0.1) is 11.8 Å². The van der Waals surface area contributed by atoms with Crippen LogP contribution >= 0.6 is 11.8 Å². The first kappa shape index (κ1) is 10.4. The van der Waals surface area contributed by atoms with E-state index in [1.807, 2.05) is 12.1 Å². The molecule has 1 aromatic carbocycles. The van der Waals surface area contributed by atoms with Crippen LogP contribution in [0.15, 0.2) is 41.8 Å². The molecule has 0 saturated carbocycles. The normalized spacial score (nSPS) is 10.8. The molecular weight excluding hydrogens is 180 g/mol. The third kappa shape index (κ3) is 4.76. The van der Waals surface area contributed by atoms with Crippen LogP contribution in [0.25, 0.3) is 0 Å². The van der Waals surface area contributed by atoms with Crippen LogP contribution in [0.5, 0.6) is 0 Å². The molecule has 0 aliphatic heterocycles. The van der Waals surface area contributed by atoms with Gasteiger partial charge in [0.2, 0.25) is 0 Å². The average molecular weight is 194 g/mol. The second-order valence-corrected chi connectivity index (χ2v) is 3.52. The summed E-state index contributed by atoms with van der Waals surface area (Å²) in [5.41, 5.74) is 1.36. The number of rotatable bonds is 5. The van der Waals surface area contributed by atoms with E-state index in [0.717, 1.165) is 5.75 Å². The minimum atomic E-state index is 0.696. The van der Waals surface area contributed by atoms with Gasteiger partial charge in [0, 0.05) is 12.9 Å². The van der Waals surface area contributed by atoms with Gasteiger partial charge in [-0.2, -0.15) is 0 Å². The zero-order chi connectivity index (χ0) is 9.36. The summed E-state index contributed by atoms with van der Waals surface area (Å²) in [7, 11) is 1.70. The Morgan fingerprint density at radius 2 is 2.08 bits per heavy atom. The summed E-state index contributed by atoms with van der Waals surface area (Å²) in [4.78, 5) is 0. The van der Waals surface area contributed by atoms with E-state index in [1.165, 1.54) is 5.56 Å². The van der Waals surface area contributed by atoms with Crippen molar-refractivity contribution in [3.8, 4) is 0 Å². The van der Waals surface area contributed by atoms with E-state index in [0.29, 0.717) is 6.61 Å². The summed E-state index contributed by atoms with van der Waals surface area (Å²) in [5, 5.41) is 2.08. The van der Waals surface area contributed by atoms with Crippen molar-refractivity contribution in [1.29, 1.82) is 0 Å². The number of hydrogen-bond acceptors (Lipinski definition) is 2. The molecular formula is C11H14OS. The highest BCUT2D eigenvalue weighted by atomic mass is 32.2. The zero-order valence-corrected chi connectivity index (χ0v) is 8.59. The Balaban J connectivity index is 2.20. The lowest BCUT2D eigenvalue weighted by Crippen LogP contribution is -1.79. The van der Waals surface area contributed by atoms with Crippen molar-refractivity contribution in [3.05, 3.63) is 47.4 Å². The van der Waals surface area contributed by atoms with Crippen LogP contribution in [0, 0.1) is 0 Å². The van der Waals surface area contributed by atoms with Crippen LogP contribution in [0.4, 0.5) is 0 Å². The predicted octanol–water partition coefficient (Wildman–Crippen LogP) is 3.08. The number of benzene rings is 1. The Bertz CT molecular complexity index is 244. The Morgan fingerprint density at radius 1 is 1.31 bits per heavy atom.